The average molecular weight is 258 g/mol. The Morgan fingerprint density at radius 3 is 2.82 bits per heavy atom. The van der Waals surface area contributed by atoms with Gasteiger partial charge in [0.2, 0.25) is 0 Å². The molecule has 0 heterocycles. The van der Waals surface area contributed by atoms with Crippen molar-refractivity contribution in [2.75, 3.05) is 0 Å². The zero-order chi connectivity index (χ0) is 7.90. The minimum atomic E-state index is 0.397. The van der Waals surface area contributed by atoms with Crippen LogP contribution < -0.4 is 0 Å². The highest BCUT2D eigenvalue weighted by molar-refractivity contribution is 14.1. The fourth-order valence-electron chi connectivity index (χ4n) is 1.75. The Bertz CT molecular complexity index is 276. The largest absolute Gasteiger partial charge is 0.0739 e. The highest BCUT2D eigenvalue weighted by atomic mass is 127. The average Bonchev–Trinajstić information content (AvgIpc) is 2.29. The molecular formula is C10H11I. The van der Waals surface area contributed by atoms with E-state index in [0.717, 1.165) is 0 Å². The molecule has 0 N–H and O–H groups in total. The van der Waals surface area contributed by atoms with Crippen molar-refractivity contribution in [2.24, 2.45) is 0 Å². The normalized spacial score (nSPS) is 28.5. The Labute approximate surface area is 81.1 Å². The van der Waals surface area contributed by atoms with Gasteiger partial charge in [0.05, 0.1) is 0 Å². The van der Waals surface area contributed by atoms with E-state index >= 15 is 0 Å². The summed E-state index contributed by atoms with van der Waals surface area (Å²) in [4.78, 5) is 0. The molecule has 0 aromatic heterocycles. The quantitative estimate of drug-likeness (QED) is 0.495. The van der Waals surface area contributed by atoms with Crippen LogP contribution in [0.3, 0.4) is 0 Å². The molecular weight excluding hydrogens is 247 g/mol. The summed E-state index contributed by atoms with van der Waals surface area (Å²) in [6, 6.07) is 8.78. The first-order valence-corrected chi connectivity index (χ1v) is 5.05. The van der Waals surface area contributed by atoms with Crippen molar-refractivity contribution in [3.8, 4) is 0 Å². The Morgan fingerprint density at radius 2 is 2.09 bits per heavy atom. The first-order valence-electron chi connectivity index (χ1n) is 3.97. The number of benzene rings is 1. The molecule has 0 saturated heterocycles. The minimum Gasteiger partial charge on any atom is -0.0739 e. The molecule has 1 aromatic rings. The van der Waals surface area contributed by atoms with Crippen LogP contribution in [0.4, 0.5) is 0 Å². The Balaban J connectivity index is 2.56. The summed E-state index contributed by atoms with van der Waals surface area (Å²) in [5.74, 6) is 0. The van der Waals surface area contributed by atoms with Crippen molar-refractivity contribution < 1.29 is 0 Å². The smallest absolute Gasteiger partial charge is 0.0448 e. The first kappa shape index (κ1) is 7.59. The lowest BCUT2D eigenvalue weighted by atomic mass is 10.0. The van der Waals surface area contributed by atoms with E-state index in [1.165, 1.54) is 12.8 Å². The summed E-state index contributed by atoms with van der Waals surface area (Å²) < 4.78 is 0.397. The molecule has 0 amide bonds. The van der Waals surface area contributed by atoms with Gasteiger partial charge in [-0.2, -0.15) is 0 Å². The molecule has 0 bridgehead atoms. The van der Waals surface area contributed by atoms with Crippen LogP contribution >= 0.6 is 22.6 Å². The topological polar surface area (TPSA) is 0 Å². The molecule has 0 aliphatic heterocycles. The van der Waals surface area contributed by atoms with Gasteiger partial charge in [0.15, 0.2) is 0 Å². The lowest BCUT2D eigenvalue weighted by Crippen LogP contribution is -2.06. The highest BCUT2D eigenvalue weighted by Crippen LogP contribution is 2.43. The van der Waals surface area contributed by atoms with Crippen LogP contribution in [-0.4, -0.2) is 0 Å². The number of fused-ring (bicyclic) bond motifs is 1. The molecule has 1 atom stereocenters. The van der Waals surface area contributed by atoms with Crippen molar-refractivity contribution in [3.63, 3.8) is 0 Å². The minimum absolute atomic E-state index is 0.397. The van der Waals surface area contributed by atoms with Gasteiger partial charge >= 0.3 is 0 Å². The molecule has 1 aromatic carbocycles. The second kappa shape index (κ2) is 2.47. The van der Waals surface area contributed by atoms with E-state index in [9.17, 15) is 0 Å². The summed E-state index contributed by atoms with van der Waals surface area (Å²) in [6.45, 7) is 2.32. The monoisotopic (exact) mass is 258 g/mol. The van der Waals surface area contributed by atoms with Crippen LogP contribution in [0.2, 0.25) is 0 Å². The molecule has 0 nitrogen and oxygen atoms in total. The predicted molar refractivity (Wildman–Crippen MR) is 56.1 cm³/mol. The van der Waals surface area contributed by atoms with E-state index < -0.39 is 0 Å². The third-order valence-electron chi connectivity index (χ3n) is 2.44. The van der Waals surface area contributed by atoms with Crippen LogP contribution in [0, 0.1) is 0 Å². The lowest BCUT2D eigenvalue weighted by Gasteiger charge is -2.15. The molecule has 0 fully saturated rings. The summed E-state index contributed by atoms with van der Waals surface area (Å²) in [5.41, 5.74) is 3.09. The van der Waals surface area contributed by atoms with Gasteiger partial charge in [-0.15, -0.1) is 0 Å². The maximum Gasteiger partial charge on any atom is 0.0448 e. The summed E-state index contributed by atoms with van der Waals surface area (Å²) in [7, 11) is 0. The van der Waals surface area contributed by atoms with Crippen LogP contribution in [0.15, 0.2) is 24.3 Å². The maximum absolute atomic E-state index is 2.56. The number of halogens is 1. The first-order chi connectivity index (χ1) is 5.20. The second-order valence-electron chi connectivity index (χ2n) is 3.35. The van der Waals surface area contributed by atoms with E-state index in [0.29, 0.717) is 3.42 Å². The van der Waals surface area contributed by atoms with E-state index in [4.69, 9.17) is 0 Å². The van der Waals surface area contributed by atoms with Gasteiger partial charge in [-0.3, -0.25) is 0 Å². The zero-order valence-corrected chi connectivity index (χ0v) is 8.76. The number of hydrogen-bond donors (Lipinski definition) is 0. The van der Waals surface area contributed by atoms with Crippen LogP contribution in [0.5, 0.6) is 0 Å². The number of rotatable bonds is 0. The van der Waals surface area contributed by atoms with Crippen molar-refractivity contribution in [2.45, 2.75) is 23.2 Å². The summed E-state index contributed by atoms with van der Waals surface area (Å²) in [5, 5.41) is 0. The van der Waals surface area contributed by atoms with Crippen molar-refractivity contribution in [1.82, 2.24) is 0 Å². The van der Waals surface area contributed by atoms with E-state index in [-0.39, 0.29) is 0 Å². The van der Waals surface area contributed by atoms with Crippen LogP contribution in [0.25, 0.3) is 0 Å². The van der Waals surface area contributed by atoms with Gasteiger partial charge in [-0.25, -0.2) is 0 Å². The van der Waals surface area contributed by atoms with Gasteiger partial charge in [0.1, 0.15) is 0 Å². The maximum atomic E-state index is 2.56. The fraction of sp³-hybridized carbons (Fsp3) is 0.400. The van der Waals surface area contributed by atoms with E-state index in [1.54, 1.807) is 11.1 Å². The molecule has 2 rings (SSSR count). The standard InChI is InChI=1S/C10H11I/c1-10(11)7-6-8-4-2-3-5-9(8)10/h2-5H,6-7H2,1H3. The van der Waals surface area contributed by atoms with Crippen molar-refractivity contribution in [1.29, 1.82) is 0 Å². The molecule has 0 saturated carbocycles. The zero-order valence-electron chi connectivity index (χ0n) is 6.60. The fourth-order valence-corrected chi connectivity index (χ4v) is 2.55. The molecule has 1 aliphatic rings. The third kappa shape index (κ3) is 1.19. The van der Waals surface area contributed by atoms with Gasteiger partial charge < -0.3 is 0 Å². The van der Waals surface area contributed by atoms with Gasteiger partial charge in [0.25, 0.3) is 0 Å². The van der Waals surface area contributed by atoms with Gasteiger partial charge in [0, 0.05) is 3.42 Å². The molecule has 11 heavy (non-hydrogen) atoms. The second-order valence-corrected chi connectivity index (χ2v) is 5.74. The summed E-state index contributed by atoms with van der Waals surface area (Å²) >= 11 is 2.56. The number of hydrogen-bond acceptors (Lipinski definition) is 0. The molecule has 0 radical (unpaired) electrons. The predicted octanol–water partition coefficient (Wildman–Crippen LogP) is 3.28. The van der Waals surface area contributed by atoms with E-state index in [1.807, 2.05) is 0 Å². The van der Waals surface area contributed by atoms with Crippen LogP contribution in [-0.2, 0) is 9.84 Å². The Hall–Kier alpha value is -0.0500. The van der Waals surface area contributed by atoms with Gasteiger partial charge in [-0.1, -0.05) is 46.9 Å². The Kier molecular flexibility index (Phi) is 1.71. The molecule has 1 unspecified atom stereocenters. The molecule has 1 heteroatoms. The number of alkyl halides is 1. The molecule has 1 aliphatic carbocycles. The van der Waals surface area contributed by atoms with Crippen LogP contribution in [0.1, 0.15) is 24.5 Å². The van der Waals surface area contributed by atoms with Gasteiger partial charge in [-0.05, 0) is 30.9 Å². The molecule has 58 valence electrons. The molecule has 0 spiro atoms. The van der Waals surface area contributed by atoms with E-state index in [2.05, 4.69) is 53.8 Å². The Morgan fingerprint density at radius 1 is 1.36 bits per heavy atom. The van der Waals surface area contributed by atoms with Crippen molar-refractivity contribution >= 4 is 22.6 Å². The highest BCUT2D eigenvalue weighted by Gasteiger charge is 2.30. The third-order valence-corrected chi connectivity index (χ3v) is 3.56. The lowest BCUT2D eigenvalue weighted by molar-refractivity contribution is 0.716. The number of aryl methyl sites for hydroxylation is 1. The summed E-state index contributed by atoms with van der Waals surface area (Å²) in [6.07, 6.45) is 2.56. The SMILES string of the molecule is CC1(I)CCc2ccccc21. The van der Waals surface area contributed by atoms with Crippen molar-refractivity contribution in [3.05, 3.63) is 35.4 Å².